The number of hydrogen-bond donors (Lipinski definition) is 1. The molecule has 0 radical (unpaired) electrons. The molecule has 1 aliphatic rings. The molecule has 1 unspecified atom stereocenters. The normalized spacial score (nSPS) is 19.8. The second-order valence-electron chi connectivity index (χ2n) is 4.00. The van der Waals surface area contributed by atoms with Gasteiger partial charge in [0.1, 0.15) is 0 Å². The van der Waals surface area contributed by atoms with Crippen LogP contribution >= 0.6 is 0 Å². The zero-order chi connectivity index (χ0) is 9.52. The molecule has 0 spiro atoms. The summed E-state index contributed by atoms with van der Waals surface area (Å²) in [5.41, 5.74) is 0. The third-order valence-electron chi connectivity index (χ3n) is 3.07. The lowest BCUT2D eigenvalue weighted by molar-refractivity contribution is 0.130. The van der Waals surface area contributed by atoms with Crippen molar-refractivity contribution in [2.75, 3.05) is 20.3 Å². The zero-order valence-corrected chi connectivity index (χ0v) is 9.01. The van der Waals surface area contributed by atoms with Crippen LogP contribution in [0.25, 0.3) is 0 Å². The highest BCUT2D eigenvalue weighted by Crippen LogP contribution is 2.30. The van der Waals surface area contributed by atoms with Crippen molar-refractivity contribution in [3.63, 3.8) is 0 Å². The Morgan fingerprint density at radius 2 is 2.23 bits per heavy atom. The van der Waals surface area contributed by atoms with Crippen LogP contribution in [0.1, 0.15) is 39.0 Å². The summed E-state index contributed by atoms with van der Waals surface area (Å²) in [7, 11) is 2.06. The van der Waals surface area contributed by atoms with Crippen LogP contribution in [-0.4, -0.2) is 26.3 Å². The summed E-state index contributed by atoms with van der Waals surface area (Å²) >= 11 is 0. The molecular weight excluding hydrogens is 162 g/mol. The zero-order valence-electron chi connectivity index (χ0n) is 9.01. The van der Waals surface area contributed by atoms with Gasteiger partial charge in [-0.1, -0.05) is 19.3 Å². The molecule has 0 aromatic heterocycles. The average molecular weight is 185 g/mol. The Kier molecular flexibility index (Phi) is 5.40. The first-order valence-corrected chi connectivity index (χ1v) is 5.61. The van der Waals surface area contributed by atoms with E-state index in [0.29, 0.717) is 6.04 Å². The van der Waals surface area contributed by atoms with Gasteiger partial charge in [0, 0.05) is 19.3 Å². The lowest BCUT2D eigenvalue weighted by Crippen LogP contribution is -2.31. The molecule has 1 aliphatic carbocycles. The molecule has 0 bridgehead atoms. The van der Waals surface area contributed by atoms with Crippen LogP contribution in [0.4, 0.5) is 0 Å². The molecule has 13 heavy (non-hydrogen) atoms. The molecule has 1 fully saturated rings. The molecule has 1 N–H and O–H groups in total. The summed E-state index contributed by atoms with van der Waals surface area (Å²) in [6.07, 6.45) is 6.87. The van der Waals surface area contributed by atoms with Gasteiger partial charge in [-0.2, -0.15) is 0 Å². The minimum atomic E-state index is 0.678. The monoisotopic (exact) mass is 185 g/mol. The van der Waals surface area contributed by atoms with Crippen molar-refractivity contribution in [1.29, 1.82) is 0 Å². The van der Waals surface area contributed by atoms with Gasteiger partial charge in [-0.25, -0.2) is 0 Å². The van der Waals surface area contributed by atoms with Crippen LogP contribution in [0.5, 0.6) is 0 Å². The van der Waals surface area contributed by atoms with E-state index in [4.69, 9.17) is 4.74 Å². The molecule has 2 nitrogen and oxygen atoms in total. The van der Waals surface area contributed by atoms with Crippen molar-refractivity contribution >= 4 is 0 Å². The fourth-order valence-electron chi connectivity index (χ4n) is 1.88. The molecular formula is C11H23NO. The Morgan fingerprint density at radius 3 is 2.69 bits per heavy atom. The number of hydrogen-bond acceptors (Lipinski definition) is 2. The van der Waals surface area contributed by atoms with Crippen molar-refractivity contribution in [3.8, 4) is 0 Å². The molecule has 2 heteroatoms. The Balaban J connectivity index is 2.03. The van der Waals surface area contributed by atoms with Gasteiger partial charge < -0.3 is 10.1 Å². The van der Waals surface area contributed by atoms with E-state index in [1.54, 1.807) is 0 Å². The van der Waals surface area contributed by atoms with Gasteiger partial charge in [-0.15, -0.1) is 0 Å². The molecule has 0 amide bonds. The third kappa shape index (κ3) is 4.10. The first-order chi connectivity index (χ1) is 6.36. The maximum Gasteiger partial charge on any atom is 0.0480 e. The van der Waals surface area contributed by atoms with E-state index >= 15 is 0 Å². The molecule has 0 heterocycles. The van der Waals surface area contributed by atoms with Crippen LogP contribution < -0.4 is 5.32 Å². The lowest BCUT2D eigenvalue weighted by Gasteiger charge is -2.29. The molecule has 1 saturated carbocycles. The molecule has 0 aliphatic heterocycles. The van der Waals surface area contributed by atoms with Crippen molar-refractivity contribution in [1.82, 2.24) is 5.32 Å². The second kappa shape index (κ2) is 6.39. The van der Waals surface area contributed by atoms with Gasteiger partial charge >= 0.3 is 0 Å². The summed E-state index contributed by atoms with van der Waals surface area (Å²) in [5, 5.41) is 3.38. The van der Waals surface area contributed by atoms with Gasteiger partial charge in [0.05, 0.1) is 0 Å². The number of nitrogens with one attached hydrogen (secondary N) is 1. The number of ether oxygens (including phenoxy) is 1. The van der Waals surface area contributed by atoms with Crippen LogP contribution in [0.2, 0.25) is 0 Å². The summed E-state index contributed by atoms with van der Waals surface area (Å²) in [5.74, 6) is 0.999. The fourth-order valence-corrected chi connectivity index (χ4v) is 1.88. The minimum Gasteiger partial charge on any atom is -0.382 e. The van der Waals surface area contributed by atoms with Gasteiger partial charge in [0.2, 0.25) is 0 Å². The van der Waals surface area contributed by atoms with Crippen LogP contribution in [0.3, 0.4) is 0 Å². The van der Waals surface area contributed by atoms with Crippen LogP contribution in [-0.2, 0) is 4.74 Å². The second-order valence-corrected chi connectivity index (χ2v) is 4.00. The van der Waals surface area contributed by atoms with Crippen molar-refractivity contribution < 1.29 is 4.74 Å². The molecule has 0 aromatic rings. The predicted molar refractivity (Wildman–Crippen MR) is 55.9 cm³/mol. The summed E-state index contributed by atoms with van der Waals surface area (Å²) in [6, 6.07) is 0.678. The van der Waals surface area contributed by atoms with E-state index in [0.717, 1.165) is 19.1 Å². The quantitative estimate of drug-likeness (QED) is 0.614. The molecule has 1 rings (SSSR count). The SMILES string of the molecule is CCOCCC(CC1CCC1)NC. The van der Waals surface area contributed by atoms with Crippen molar-refractivity contribution in [2.24, 2.45) is 5.92 Å². The van der Waals surface area contributed by atoms with E-state index in [1.165, 1.54) is 32.1 Å². The van der Waals surface area contributed by atoms with Crippen molar-refractivity contribution in [3.05, 3.63) is 0 Å². The molecule has 0 saturated heterocycles. The first-order valence-electron chi connectivity index (χ1n) is 5.61. The third-order valence-corrected chi connectivity index (χ3v) is 3.07. The Labute approximate surface area is 82.0 Å². The average Bonchev–Trinajstić information content (AvgIpc) is 2.08. The highest BCUT2D eigenvalue weighted by atomic mass is 16.5. The largest absolute Gasteiger partial charge is 0.382 e. The highest BCUT2D eigenvalue weighted by molar-refractivity contribution is 4.76. The Hall–Kier alpha value is -0.0800. The maximum absolute atomic E-state index is 5.36. The molecule has 0 aromatic carbocycles. The van der Waals surface area contributed by atoms with Gasteiger partial charge in [-0.05, 0) is 32.7 Å². The number of rotatable bonds is 7. The van der Waals surface area contributed by atoms with E-state index in [1.807, 2.05) is 0 Å². The van der Waals surface area contributed by atoms with Crippen LogP contribution in [0, 0.1) is 5.92 Å². The van der Waals surface area contributed by atoms with Gasteiger partial charge in [-0.3, -0.25) is 0 Å². The van der Waals surface area contributed by atoms with Crippen LogP contribution in [0.15, 0.2) is 0 Å². The predicted octanol–water partition coefficient (Wildman–Crippen LogP) is 2.19. The van der Waals surface area contributed by atoms with Crippen molar-refractivity contribution in [2.45, 2.75) is 45.1 Å². The van der Waals surface area contributed by atoms with Gasteiger partial charge in [0.25, 0.3) is 0 Å². The summed E-state index contributed by atoms with van der Waals surface area (Å²) in [6.45, 7) is 3.81. The molecule has 78 valence electrons. The maximum atomic E-state index is 5.36. The van der Waals surface area contributed by atoms with E-state index < -0.39 is 0 Å². The highest BCUT2D eigenvalue weighted by Gasteiger charge is 2.20. The van der Waals surface area contributed by atoms with E-state index in [9.17, 15) is 0 Å². The van der Waals surface area contributed by atoms with Gasteiger partial charge in [0.15, 0.2) is 0 Å². The summed E-state index contributed by atoms with van der Waals surface area (Å²) < 4.78 is 5.36. The smallest absolute Gasteiger partial charge is 0.0480 e. The Bertz CT molecular complexity index is 123. The molecule has 1 atom stereocenters. The fraction of sp³-hybridized carbons (Fsp3) is 1.00. The standard InChI is InChI=1S/C11H23NO/c1-3-13-8-7-11(12-2)9-10-5-4-6-10/h10-12H,3-9H2,1-2H3. The summed E-state index contributed by atoms with van der Waals surface area (Å²) in [4.78, 5) is 0. The lowest BCUT2D eigenvalue weighted by atomic mass is 9.80. The van der Waals surface area contributed by atoms with E-state index in [2.05, 4.69) is 19.3 Å². The topological polar surface area (TPSA) is 21.3 Å². The van der Waals surface area contributed by atoms with E-state index in [-0.39, 0.29) is 0 Å². The minimum absolute atomic E-state index is 0.678. The first kappa shape index (κ1) is 11.0. The Morgan fingerprint density at radius 1 is 1.46 bits per heavy atom.